The topological polar surface area (TPSA) is 99.7 Å². The van der Waals surface area contributed by atoms with Crippen LogP contribution in [0.15, 0.2) is 47.1 Å². The maximum Gasteiger partial charge on any atom is 0.293 e. The van der Waals surface area contributed by atoms with Crippen molar-refractivity contribution < 1.29 is 39.6 Å². The molecule has 7 rings (SSSR count). The molecule has 268 valence electrons. The Labute approximate surface area is 300 Å². The van der Waals surface area contributed by atoms with Crippen molar-refractivity contribution in [2.75, 3.05) is 6.26 Å². The number of benzene rings is 2. The van der Waals surface area contributed by atoms with Gasteiger partial charge in [-0.15, -0.1) is 0 Å². The lowest BCUT2D eigenvalue weighted by molar-refractivity contribution is -0.120. The largest absolute Gasteiger partial charge is 0.298 e. The van der Waals surface area contributed by atoms with Crippen molar-refractivity contribution in [1.29, 1.82) is 0 Å². The number of alkyl halides is 4. The first-order valence-corrected chi connectivity index (χ1v) is 18.9. The molecule has 0 bridgehead atoms. The number of hydrogen-bond donors (Lipinski definition) is 0. The summed E-state index contributed by atoms with van der Waals surface area (Å²) in [5, 5.41) is 8.79. The molecule has 0 unspecified atom stereocenters. The second-order valence-electron chi connectivity index (χ2n) is 13.1. The van der Waals surface area contributed by atoms with E-state index in [2.05, 4.69) is 31.1 Å². The van der Waals surface area contributed by atoms with Gasteiger partial charge in [-0.3, -0.25) is 19.1 Å². The van der Waals surface area contributed by atoms with Gasteiger partial charge in [-0.05, 0) is 64.5 Å². The zero-order valence-corrected chi connectivity index (χ0v) is 29.9. The monoisotopic (exact) mass is 813 g/mol. The number of carbonyl (C=O) groups excluding carboxylic acids is 1. The lowest BCUT2D eigenvalue weighted by Gasteiger charge is -2.21. The first kappa shape index (κ1) is 35.6. The van der Waals surface area contributed by atoms with Crippen LogP contribution in [0.1, 0.15) is 65.0 Å². The van der Waals surface area contributed by atoms with Gasteiger partial charge in [0.15, 0.2) is 15.6 Å². The van der Waals surface area contributed by atoms with Crippen molar-refractivity contribution >= 4 is 54.1 Å². The number of sulfone groups is 1. The molecule has 17 heteroatoms. The highest BCUT2D eigenvalue weighted by atomic mass is 79.9. The van der Waals surface area contributed by atoms with E-state index in [1.807, 2.05) is 0 Å². The zero-order chi connectivity index (χ0) is 36.7. The molecule has 8 nitrogen and oxygen atoms in total. The minimum Gasteiger partial charge on any atom is -0.298 e. The van der Waals surface area contributed by atoms with E-state index in [9.17, 15) is 30.8 Å². The Morgan fingerprint density at radius 2 is 1.78 bits per heavy atom. The SMILES string of the molecule is Cn1nc(CS(C)(=O)=O)c2c(Cl)ccc(-c3cc(Br)cnc3[C@@H](CC(=O)Cn3nc(C(F)F)c4c3C(F)(F)[C@@H]3C[C@H]43)Cc3cc(F)cc(F)c3)c21. The van der Waals surface area contributed by atoms with E-state index in [-0.39, 0.29) is 40.4 Å². The quantitative estimate of drug-likeness (QED) is 0.125. The molecule has 0 spiro atoms. The van der Waals surface area contributed by atoms with E-state index >= 15 is 8.78 Å². The number of aromatic nitrogens is 5. The third-order valence-electron chi connectivity index (χ3n) is 9.34. The van der Waals surface area contributed by atoms with E-state index in [0.29, 0.717) is 37.3 Å². The lowest BCUT2D eigenvalue weighted by Crippen LogP contribution is -2.24. The standard InChI is InChI=1S/C34H27BrClF6N5O3S/c1-46-31-21(3-4-25(36)28(31)26(44-46)14-51(2,49)50)22-9-17(35)12-43-29(22)16(5-15-6-18(37)10-19(38)7-15)8-20(48)13-47-32-27(30(45-47)33(39)40)23-11-24(23)34(32,41)42/h3-4,6-7,9-10,12,16,23-24,33H,5,8,11,13-14H2,1-2H3/t16-,23+,24-/m1/s1. The van der Waals surface area contributed by atoms with Crippen molar-refractivity contribution in [3.05, 3.63) is 97.6 Å². The van der Waals surface area contributed by atoms with E-state index in [1.54, 1.807) is 25.2 Å². The molecular formula is C34H27BrClF6N5O3S. The summed E-state index contributed by atoms with van der Waals surface area (Å²) in [6.45, 7) is -0.744. The van der Waals surface area contributed by atoms with Crippen molar-refractivity contribution in [2.45, 2.75) is 55.7 Å². The second-order valence-corrected chi connectivity index (χ2v) is 16.6. The Balaban J connectivity index is 1.33. The van der Waals surface area contributed by atoms with Crippen LogP contribution < -0.4 is 0 Å². The third kappa shape index (κ3) is 6.58. The fourth-order valence-electron chi connectivity index (χ4n) is 7.38. The van der Waals surface area contributed by atoms with Crippen molar-refractivity contribution in [1.82, 2.24) is 24.5 Å². The summed E-state index contributed by atoms with van der Waals surface area (Å²) in [7, 11) is -1.92. The summed E-state index contributed by atoms with van der Waals surface area (Å²) < 4.78 is 114. The molecular weight excluding hydrogens is 788 g/mol. The maximum absolute atomic E-state index is 15.3. The molecule has 51 heavy (non-hydrogen) atoms. The average molecular weight is 815 g/mol. The van der Waals surface area contributed by atoms with Crippen molar-refractivity contribution in [3.63, 3.8) is 0 Å². The van der Waals surface area contributed by atoms with Crippen LogP contribution in [0.3, 0.4) is 0 Å². The molecule has 3 aromatic heterocycles. The lowest BCUT2D eigenvalue weighted by atomic mass is 9.86. The first-order valence-electron chi connectivity index (χ1n) is 15.6. The van der Waals surface area contributed by atoms with Gasteiger partial charge in [-0.25, -0.2) is 26.0 Å². The number of Topliss-reactive ketones (excluding diaryl/α,β-unsaturated/α-hetero) is 1. The molecule has 0 aliphatic heterocycles. The minimum absolute atomic E-state index is 0.0635. The maximum atomic E-state index is 15.3. The molecule has 0 amide bonds. The fraction of sp³-hybridized carbons (Fsp3) is 0.353. The van der Waals surface area contributed by atoms with Crippen molar-refractivity contribution in [3.8, 4) is 11.1 Å². The van der Waals surface area contributed by atoms with Crippen LogP contribution in [-0.2, 0) is 46.3 Å². The number of aryl methyl sites for hydroxylation is 1. The van der Waals surface area contributed by atoms with Crippen LogP contribution in [0.4, 0.5) is 26.3 Å². The van der Waals surface area contributed by atoms with E-state index in [4.69, 9.17) is 11.6 Å². The van der Waals surface area contributed by atoms with Crippen LogP contribution in [0.25, 0.3) is 22.0 Å². The van der Waals surface area contributed by atoms with Gasteiger partial charge in [0.25, 0.3) is 12.3 Å². The predicted octanol–water partition coefficient (Wildman–Crippen LogP) is 8.20. The number of nitrogens with zero attached hydrogens (tertiary/aromatic N) is 5. The number of carbonyl (C=O) groups is 1. The Morgan fingerprint density at radius 3 is 2.45 bits per heavy atom. The third-order valence-corrected chi connectivity index (χ3v) is 10.9. The summed E-state index contributed by atoms with van der Waals surface area (Å²) in [5.74, 6) is -9.00. The molecule has 0 N–H and O–H groups in total. The highest BCUT2D eigenvalue weighted by Crippen LogP contribution is 2.68. The van der Waals surface area contributed by atoms with Crippen molar-refractivity contribution in [2.24, 2.45) is 13.0 Å². The molecule has 1 fully saturated rings. The van der Waals surface area contributed by atoms with Crippen LogP contribution in [0.2, 0.25) is 5.02 Å². The fourth-order valence-corrected chi connectivity index (χ4v) is 8.67. The predicted molar refractivity (Wildman–Crippen MR) is 180 cm³/mol. The summed E-state index contributed by atoms with van der Waals surface area (Å²) in [5.41, 5.74) is 0.375. The smallest absolute Gasteiger partial charge is 0.293 e. The number of hydrogen-bond acceptors (Lipinski definition) is 6. The summed E-state index contributed by atoms with van der Waals surface area (Å²) in [6, 6.07) is 7.80. The van der Waals surface area contributed by atoms with Gasteiger partial charge in [0.05, 0.1) is 27.7 Å². The normalized spacial score (nSPS) is 18.3. The Hall–Kier alpha value is -3.76. The van der Waals surface area contributed by atoms with Gasteiger partial charge in [0.1, 0.15) is 29.6 Å². The van der Waals surface area contributed by atoms with Crippen LogP contribution in [0, 0.1) is 17.6 Å². The molecule has 0 saturated heterocycles. The Morgan fingerprint density at radius 1 is 1.08 bits per heavy atom. The van der Waals surface area contributed by atoms with Crippen LogP contribution in [-0.4, -0.2) is 45.0 Å². The summed E-state index contributed by atoms with van der Waals surface area (Å²) in [4.78, 5) is 18.4. The molecule has 3 atom stereocenters. The second kappa shape index (κ2) is 12.7. The van der Waals surface area contributed by atoms with E-state index < -0.39 is 87.5 Å². The number of pyridine rings is 1. The van der Waals surface area contributed by atoms with Gasteiger partial charge in [-0.2, -0.15) is 19.0 Å². The van der Waals surface area contributed by atoms with Gasteiger partial charge in [0.2, 0.25) is 0 Å². The molecule has 5 aromatic rings. The van der Waals surface area contributed by atoms with E-state index in [0.717, 1.165) is 18.4 Å². The summed E-state index contributed by atoms with van der Waals surface area (Å²) >= 11 is 10.0. The Bertz CT molecular complexity index is 2350. The zero-order valence-electron chi connectivity index (χ0n) is 26.8. The molecule has 2 aliphatic rings. The number of halogens is 8. The summed E-state index contributed by atoms with van der Waals surface area (Å²) in [6.07, 6.45) is -1.07. The van der Waals surface area contributed by atoms with Gasteiger partial charge >= 0.3 is 0 Å². The number of ketones is 1. The highest BCUT2D eigenvalue weighted by molar-refractivity contribution is 9.10. The van der Waals surface area contributed by atoms with Gasteiger partial charge in [-0.1, -0.05) is 17.7 Å². The number of rotatable bonds is 11. The van der Waals surface area contributed by atoms with Gasteiger partial charge in [0, 0.05) is 70.4 Å². The van der Waals surface area contributed by atoms with E-state index in [1.165, 1.54) is 10.9 Å². The minimum atomic E-state index is -3.52. The molecule has 3 heterocycles. The molecule has 2 aromatic carbocycles. The molecule has 1 saturated carbocycles. The van der Waals surface area contributed by atoms with Gasteiger partial charge < -0.3 is 0 Å². The first-order chi connectivity index (χ1) is 23.9. The highest BCUT2D eigenvalue weighted by Gasteiger charge is 2.67. The number of fused-ring (bicyclic) bond motifs is 4. The molecule has 0 radical (unpaired) electrons. The molecule has 2 aliphatic carbocycles. The Kier molecular flexibility index (Phi) is 8.89. The average Bonchev–Trinajstić information content (AvgIpc) is 3.56. The van der Waals surface area contributed by atoms with Crippen LogP contribution >= 0.6 is 27.5 Å². The van der Waals surface area contributed by atoms with Crippen LogP contribution in [0.5, 0.6) is 0 Å².